The molecule has 0 saturated carbocycles. The topological polar surface area (TPSA) is 38.2 Å². The van der Waals surface area contributed by atoms with E-state index in [0.29, 0.717) is 5.92 Å². The molecule has 0 amide bonds. The Bertz CT molecular complexity index is 681. The maximum Gasteiger partial charge on any atom is 0.225 e. The number of methoxy groups -OCH3 is 1. The number of hydrogen-bond donors (Lipinski definition) is 0. The van der Waals surface area contributed by atoms with E-state index in [9.17, 15) is 0 Å². The Morgan fingerprint density at radius 3 is 2.70 bits per heavy atom. The minimum atomic E-state index is 0.627. The van der Waals surface area contributed by atoms with Gasteiger partial charge in [0.2, 0.25) is 5.95 Å². The first-order chi connectivity index (χ1) is 11.3. The van der Waals surface area contributed by atoms with Crippen LogP contribution in [0, 0.1) is 0 Å². The number of nitrogens with zero attached hydrogens (tertiary/aromatic N) is 3. The van der Waals surface area contributed by atoms with E-state index < -0.39 is 0 Å². The van der Waals surface area contributed by atoms with E-state index in [-0.39, 0.29) is 0 Å². The van der Waals surface area contributed by atoms with Gasteiger partial charge in [0, 0.05) is 36.4 Å². The van der Waals surface area contributed by atoms with Crippen molar-refractivity contribution in [1.29, 1.82) is 0 Å². The summed E-state index contributed by atoms with van der Waals surface area (Å²) in [6, 6.07) is 8.51. The standard InChI is InChI=1S/C18H21N3OS/c1-22-15-4-2-13(3-5-15)14-6-9-21(10-7-14)18-19-12-17-16(20-18)8-11-23-17/h2-5,12,14H,6-11H2,1H3. The van der Waals surface area contributed by atoms with Crippen LogP contribution in [0.5, 0.6) is 5.75 Å². The minimum absolute atomic E-state index is 0.627. The molecule has 3 heterocycles. The van der Waals surface area contributed by atoms with Crippen LogP contribution in [0.3, 0.4) is 0 Å². The van der Waals surface area contributed by atoms with Gasteiger partial charge < -0.3 is 9.64 Å². The van der Waals surface area contributed by atoms with Gasteiger partial charge in [-0.1, -0.05) is 12.1 Å². The monoisotopic (exact) mass is 327 g/mol. The van der Waals surface area contributed by atoms with Crippen molar-refractivity contribution in [2.75, 3.05) is 30.9 Å². The predicted molar refractivity (Wildman–Crippen MR) is 93.6 cm³/mol. The van der Waals surface area contributed by atoms with Gasteiger partial charge in [0.25, 0.3) is 0 Å². The fraction of sp³-hybridized carbons (Fsp3) is 0.444. The van der Waals surface area contributed by atoms with Crippen LogP contribution in [0.15, 0.2) is 35.4 Å². The molecule has 1 saturated heterocycles. The number of ether oxygens (including phenoxy) is 1. The summed E-state index contributed by atoms with van der Waals surface area (Å²) < 4.78 is 5.24. The van der Waals surface area contributed by atoms with Crippen LogP contribution in [0.2, 0.25) is 0 Å². The number of anilines is 1. The molecule has 1 aromatic carbocycles. The summed E-state index contributed by atoms with van der Waals surface area (Å²) >= 11 is 1.87. The summed E-state index contributed by atoms with van der Waals surface area (Å²) in [7, 11) is 1.71. The van der Waals surface area contributed by atoms with Gasteiger partial charge in [-0.3, -0.25) is 0 Å². The average molecular weight is 327 g/mol. The molecule has 2 aliphatic heterocycles. The largest absolute Gasteiger partial charge is 0.497 e. The second-order valence-corrected chi connectivity index (χ2v) is 7.25. The highest BCUT2D eigenvalue weighted by atomic mass is 32.2. The van der Waals surface area contributed by atoms with Gasteiger partial charge in [-0.2, -0.15) is 0 Å². The van der Waals surface area contributed by atoms with Crippen LogP contribution >= 0.6 is 11.8 Å². The Balaban J connectivity index is 1.42. The Kier molecular flexibility index (Phi) is 4.12. The molecule has 4 rings (SSSR count). The van der Waals surface area contributed by atoms with Crippen LogP contribution < -0.4 is 9.64 Å². The molecule has 5 heteroatoms. The van der Waals surface area contributed by atoms with E-state index in [2.05, 4.69) is 34.1 Å². The van der Waals surface area contributed by atoms with E-state index in [1.54, 1.807) is 7.11 Å². The predicted octanol–water partition coefficient (Wildman–Crippen LogP) is 3.52. The molecule has 0 bridgehead atoms. The van der Waals surface area contributed by atoms with E-state index in [4.69, 9.17) is 9.72 Å². The zero-order valence-corrected chi connectivity index (χ0v) is 14.2. The lowest BCUT2D eigenvalue weighted by molar-refractivity contribution is 0.414. The number of aromatic nitrogens is 2. The molecule has 0 N–H and O–H groups in total. The third-order valence-electron chi connectivity index (χ3n) is 4.78. The van der Waals surface area contributed by atoms with Crippen molar-refractivity contribution >= 4 is 17.7 Å². The SMILES string of the molecule is COc1ccc(C2CCN(c3ncc4c(n3)CCS4)CC2)cc1. The lowest BCUT2D eigenvalue weighted by Gasteiger charge is -2.32. The summed E-state index contributed by atoms with van der Waals surface area (Å²) in [4.78, 5) is 12.9. The van der Waals surface area contributed by atoms with Gasteiger partial charge in [-0.15, -0.1) is 11.8 Å². The minimum Gasteiger partial charge on any atom is -0.497 e. The third kappa shape index (κ3) is 3.02. The van der Waals surface area contributed by atoms with Gasteiger partial charge in [0.1, 0.15) is 5.75 Å². The Labute approximate surface area is 141 Å². The van der Waals surface area contributed by atoms with Crippen LogP contribution in [0.4, 0.5) is 5.95 Å². The molecule has 1 aromatic heterocycles. The second-order valence-electron chi connectivity index (χ2n) is 6.11. The maximum atomic E-state index is 5.24. The number of hydrogen-bond acceptors (Lipinski definition) is 5. The highest BCUT2D eigenvalue weighted by Crippen LogP contribution is 2.33. The van der Waals surface area contributed by atoms with Crippen molar-refractivity contribution in [3.63, 3.8) is 0 Å². The lowest BCUT2D eigenvalue weighted by Crippen LogP contribution is -2.34. The van der Waals surface area contributed by atoms with Crippen molar-refractivity contribution in [1.82, 2.24) is 9.97 Å². The molecule has 0 aliphatic carbocycles. The van der Waals surface area contributed by atoms with Gasteiger partial charge in [-0.05, 0) is 36.5 Å². The first-order valence-corrected chi connectivity index (χ1v) is 9.19. The van der Waals surface area contributed by atoms with Gasteiger partial charge in [0.15, 0.2) is 0 Å². The highest BCUT2D eigenvalue weighted by molar-refractivity contribution is 7.99. The van der Waals surface area contributed by atoms with Crippen molar-refractivity contribution < 1.29 is 4.74 Å². The number of fused-ring (bicyclic) bond motifs is 1. The van der Waals surface area contributed by atoms with Gasteiger partial charge in [0.05, 0.1) is 12.8 Å². The normalized spacial score (nSPS) is 18.0. The molecular formula is C18H21N3OS. The van der Waals surface area contributed by atoms with Crippen molar-refractivity contribution in [2.24, 2.45) is 0 Å². The zero-order chi connectivity index (χ0) is 15.6. The summed E-state index contributed by atoms with van der Waals surface area (Å²) in [6.45, 7) is 2.06. The Morgan fingerprint density at radius 1 is 1.17 bits per heavy atom. The third-order valence-corrected chi connectivity index (χ3v) is 5.84. The molecule has 4 nitrogen and oxygen atoms in total. The van der Waals surface area contributed by atoms with Crippen molar-refractivity contribution in [2.45, 2.75) is 30.1 Å². The van der Waals surface area contributed by atoms with E-state index >= 15 is 0 Å². The van der Waals surface area contributed by atoms with Crippen LogP contribution in [-0.4, -0.2) is 35.9 Å². The highest BCUT2D eigenvalue weighted by Gasteiger charge is 2.23. The van der Waals surface area contributed by atoms with Crippen molar-refractivity contribution in [3.05, 3.63) is 41.7 Å². The average Bonchev–Trinajstić information content (AvgIpc) is 3.10. The lowest BCUT2D eigenvalue weighted by atomic mass is 9.89. The molecule has 2 aromatic rings. The maximum absolute atomic E-state index is 5.24. The van der Waals surface area contributed by atoms with Gasteiger partial charge >= 0.3 is 0 Å². The molecule has 2 aliphatic rings. The van der Waals surface area contributed by atoms with Gasteiger partial charge in [-0.25, -0.2) is 9.97 Å². The van der Waals surface area contributed by atoms with Crippen LogP contribution in [0.1, 0.15) is 30.0 Å². The number of thioether (sulfide) groups is 1. The second kappa shape index (κ2) is 6.40. The fourth-order valence-electron chi connectivity index (χ4n) is 3.39. The summed E-state index contributed by atoms with van der Waals surface area (Å²) in [5.41, 5.74) is 2.65. The number of piperidine rings is 1. The smallest absolute Gasteiger partial charge is 0.225 e. The molecule has 0 unspecified atom stereocenters. The summed E-state index contributed by atoms with van der Waals surface area (Å²) in [6.07, 6.45) is 5.39. The molecule has 1 fully saturated rings. The van der Waals surface area contributed by atoms with E-state index in [1.165, 1.54) is 16.2 Å². The molecular weight excluding hydrogens is 306 g/mol. The first kappa shape index (κ1) is 14.8. The Morgan fingerprint density at radius 2 is 1.96 bits per heavy atom. The van der Waals surface area contributed by atoms with Crippen molar-refractivity contribution in [3.8, 4) is 5.75 Å². The summed E-state index contributed by atoms with van der Waals surface area (Å²) in [5, 5.41) is 0. The number of benzene rings is 1. The molecule has 120 valence electrons. The molecule has 0 spiro atoms. The van der Waals surface area contributed by atoms with E-state index in [0.717, 1.165) is 49.8 Å². The van der Waals surface area contributed by atoms with Crippen LogP contribution in [-0.2, 0) is 6.42 Å². The van der Waals surface area contributed by atoms with Crippen LogP contribution in [0.25, 0.3) is 0 Å². The summed E-state index contributed by atoms with van der Waals surface area (Å²) in [5.74, 6) is 3.62. The van der Waals surface area contributed by atoms with E-state index in [1.807, 2.05) is 18.0 Å². The molecule has 0 atom stereocenters. The quantitative estimate of drug-likeness (QED) is 0.862. The first-order valence-electron chi connectivity index (χ1n) is 8.21. The Hall–Kier alpha value is -1.75. The number of rotatable bonds is 3. The zero-order valence-electron chi connectivity index (χ0n) is 13.4. The number of aryl methyl sites for hydroxylation is 1. The molecule has 23 heavy (non-hydrogen) atoms. The fourth-order valence-corrected chi connectivity index (χ4v) is 4.35. The molecule has 0 radical (unpaired) electrons.